The van der Waals surface area contributed by atoms with Crippen molar-refractivity contribution in [1.82, 2.24) is 4.31 Å². The van der Waals surface area contributed by atoms with Gasteiger partial charge in [-0.15, -0.1) is 0 Å². The molecule has 1 heterocycles. The highest BCUT2D eigenvalue weighted by Gasteiger charge is 2.62. The second-order valence-corrected chi connectivity index (χ2v) is 2.80. The van der Waals surface area contributed by atoms with Crippen molar-refractivity contribution in [2.75, 3.05) is 13.1 Å². The first kappa shape index (κ1) is 8.13. The largest absolute Gasteiger partial charge is 0.324 e. The maximum Gasteiger partial charge on any atom is 0.324 e. The maximum atomic E-state index is 12.1. The molecule has 0 aromatic heterocycles. The molecule has 0 spiro atoms. The van der Waals surface area contributed by atoms with Gasteiger partial charge in [0.25, 0.3) is 0 Å². The van der Waals surface area contributed by atoms with Gasteiger partial charge in [0.2, 0.25) is 0 Å². The van der Waals surface area contributed by atoms with Crippen LogP contribution in [-0.4, -0.2) is 29.2 Å². The summed E-state index contributed by atoms with van der Waals surface area (Å²) in [6.07, 6.45) is 0. The average Bonchev–Trinajstić information content (AvgIpc) is 1.73. The molecule has 10 heavy (non-hydrogen) atoms. The van der Waals surface area contributed by atoms with E-state index in [2.05, 4.69) is 12.8 Å². The van der Waals surface area contributed by atoms with Crippen LogP contribution in [0.25, 0.3) is 0 Å². The minimum Gasteiger partial charge on any atom is -0.241 e. The van der Waals surface area contributed by atoms with Gasteiger partial charge in [-0.05, 0) is 0 Å². The molecule has 1 aliphatic rings. The number of nitrogens with zero attached hydrogens (tertiary/aromatic N) is 1. The van der Waals surface area contributed by atoms with E-state index < -0.39 is 24.9 Å². The number of hydrogen-bond acceptors (Lipinski definition) is 2. The van der Waals surface area contributed by atoms with Crippen LogP contribution in [0.2, 0.25) is 0 Å². The third-order valence-corrected chi connectivity index (χ3v) is 1.58. The molecule has 0 unspecified atom stereocenters. The molecule has 0 N–H and O–H groups in total. The first-order valence-electron chi connectivity index (χ1n) is 2.55. The van der Waals surface area contributed by atoms with Crippen LogP contribution in [0.3, 0.4) is 0 Å². The predicted octanol–water partition coefficient (Wildman–Crippen LogP) is 1.42. The van der Waals surface area contributed by atoms with Crippen molar-refractivity contribution in [1.29, 1.82) is 0 Å². The van der Waals surface area contributed by atoms with Crippen molar-refractivity contribution >= 4 is 12.8 Å². The SMILES string of the molecule is FC1(F)CN(S)CC1(F)F. The maximum absolute atomic E-state index is 12.1. The topological polar surface area (TPSA) is 3.24 Å². The van der Waals surface area contributed by atoms with Gasteiger partial charge >= 0.3 is 11.8 Å². The molecule has 1 nitrogen and oxygen atoms in total. The molecule has 0 radical (unpaired) electrons. The summed E-state index contributed by atoms with van der Waals surface area (Å²) in [7, 11) is 0. The summed E-state index contributed by atoms with van der Waals surface area (Å²) in [6, 6.07) is 0. The first-order chi connectivity index (χ1) is 4.35. The summed E-state index contributed by atoms with van der Waals surface area (Å²) in [5.74, 6) is -7.84. The van der Waals surface area contributed by atoms with Crippen molar-refractivity contribution in [3.63, 3.8) is 0 Å². The number of thiol groups is 1. The van der Waals surface area contributed by atoms with Crippen molar-refractivity contribution in [3.8, 4) is 0 Å². The molecule has 0 aromatic carbocycles. The normalized spacial score (nSPS) is 30.9. The van der Waals surface area contributed by atoms with Gasteiger partial charge in [-0.2, -0.15) is 17.6 Å². The fourth-order valence-corrected chi connectivity index (χ4v) is 1.10. The molecule has 0 atom stereocenters. The highest BCUT2D eigenvalue weighted by Crippen LogP contribution is 2.41. The Morgan fingerprint density at radius 3 is 1.40 bits per heavy atom. The van der Waals surface area contributed by atoms with E-state index in [1.54, 1.807) is 0 Å². The van der Waals surface area contributed by atoms with Gasteiger partial charge in [0.15, 0.2) is 0 Å². The van der Waals surface area contributed by atoms with E-state index in [0.29, 0.717) is 4.31 Å². The van der Waals surface area contributed by atoms with Crippen molar-refractivity contribution in [2.24, 2.45) is 0 Å². The molecule has 1 fully saturated rings. The summed E-state index contributed by atoms with van der Waals surface area (Å²) < 4.78 is 49.1. The van der Waals surface area contributed by atoms with Crippen LogP contribution in [0, 0.1) is 0 Å². The first-order valence-corrected chi connectivity index (χ1v) is 2.95. The van der Waals surface area contributed by atoms with Crippen LogP contribution in [0.15, 0.2) is 0 Å². The molecular weight excluding hydrogens is 170 g/mol. The van der Waals surface area contributed by atoms with E-state index in [9.17, 15) is 17.6 Å². The molecule has 0 amide bonds. The molecule has 0 aromatic rings. The van der Waals surface area contributed by atoms with Crippen LogP contribution < -0.4 is 0 Å². The Balaban J connectivity index is 2.78. The molecular formula is C4H5F4NS. The van der Waals surface area contributed by atoms with E-state index in [4.69, 9.17) is 0 Å². The highest BCUT2D eigenvalue weighted by molar-refractivity contribution is 7.77. The lowest BCUT2D eigenvalue weighted by atomic mass is 10.2. The zero-order chi connectivity index (χ0) is 7.99. The van der Waals surface area contributed by atoms with Gasteiger partial charge in [0.1, 0.15) is 0 Å². The Bertz CT molecular complexity index is 132. The van der Waals surface area contributed by atoms with E-state index in [1.807, 2.05) is 0 Å². The second-order valence-electron chi connectivity index (χ2n) is 2.23. The van der Waals surface area contributed by atoms with Crippen LogP contribution in [0.5, 0.6) is 0 Å². The van der Waals surface area contributed by atoms with Gasteiger partial charge in [0, 0.05) is 0 Å². The van der Waals surface area contributed by atoms with Gasteiger partial charge in [-0.25, -0.2) is 4.31 Å². The lowest BCUT2D eigenvalue weighted by Crippen LogP contribution is -2.38. The molecule has 0 aliphatic carbocycles. The molecule has 60 valence electrons. The second kappa shape index (κ2) is 2.01. The minimum atomic E-state index is -3.92. The van der Waals surface area contributed by atoms with E-state index in [1.165, 1.54) is 0 Å². The van der Waals surface area contributed by atoms with Crippen molar-refractivity contribution in [2.45, 2.75) is 11.8 Å². The van der Waals surface area contributed by atoms with E-state index in [-0.39, 0.29) is 0 Å². The lowest BCUT2D eigenvalue weighted by molar-refractivity contribution is -0.172. The molecule has 1 aliphatic heterocycles. The smallest absolute Gasteiger partial charge is 0.241 e. The third kappa shape index (κ3) is 1.10. The number of rotatable bonds is 0. The van der Waals surface area contributed by atoms with Crippen molar-refractivity contribution in [3.05, 3.63) is 0 Å². The van der Waals surface area contributed by atoms with Gasteiger partial charge < -0.3 is 0 Å². The van der Waals surface area contributed by atoms with Crippen LogP contribution in [0.1, 0.15) is 0 Å². The lowest BCUT2D eigenvalue weighted by Gasteiger charge is -2.15. The summed E-state index contributed by atoms with van der Waals surface area (Å²) in [5, 5.41) is 0. The zero-order valence-electron chi connectivity index (χ0n) is 4.82. The summed E-state index contributed by atoms with van der Waals surface area (Å²) in [4.78, 5) is 0. The van der Waals surface area contributed by atoms with E-state index in [0.717, 1.165) is 0 Å². The van der Waals surface area contributed by atoms with Gasteiger partial charge in [-0.1, -0.05) is 12.8 Å². The summed E-state index contributed by atoms with van der Waals surface area (Å²) in [5.41, 5.74) is 0. The highest BCUT2D eigenvalue weighted by atomic mass is 32.1. The van der Waals surface area contributed by atoms with E-state index >= 15 is 0 Å². The third-order valence-electron chi connectivity index (χ3n) is 1.30. The Labute approximate surface area is 60.5 Å². The Hall–Kier alpha value is 0.0300. The van der Waals surface area contributed by atoms with Crippen LogP contribution in [-0.2, 0) is 0 Å². The standard InChI is InChI=1S/C4H5F4NS/c5-3(6)1-9(10)2-4(3,7)8/h10H,1-2H2. The predicted molar refractivity (Wildman–Crippen MR) is 30.5 cm³/mol. The molecule has 6 heteroatoms. The zero-order valence-corrected chi connectivity index (χ0v) is 5.71. The Kier molecular flexibility index (Phi) is 1.63. The molecule has 1 rings (SSSR count). The fourth-order valence-electron chi connectivity index (χ4n) is 0.746. The van der Waals surface area contributed by atoms with Crippen molar-refractivity contribution < 1.29 is 17.6 Å². The minimum absolute atomic E-state index is 0.611. The monoisotopic (exact) mass is 175 g/mol. The quantitative estimate of drug-likeness (QED) is 0.430. The number of hydrogen-bond donors (Lipinski definition) is 1. The average molecular weight is 175 g/mol. The summed E-state index contributed by atoms with van der Waals surface area (Å²) in [6.45, 7) is -1.97. The molecule has 0 bridgehead atoms. The number of halogens is 4. The fraction of sp³-hybridized carbons (Fsp3) is 1.00. The van der Waals surface area contributed by atoms with Gasteiger partial charge in [-0.3, -0.25) is 0 Å². The van der Waals surface area contributed by atoms with Crippen LogP contribution >= 0.6 is 12.8 Å². The van der Waals surface area contributed by atoms with Crippen LogP contribution in [0.4, 0.5) is 17.6 Å². The molecule has 0 saturated carbocycles. The summed E-state index contributed by atoms with van der Waals surface area (Å²) >= 11 is 3.39. The van der Waals surface area contributed by atoms with Gasteiger partial charge in [0.05, 0.1) is 13.1 Å². The Morgan fingerprint density at radius 1 is 1.00 bits per heavy atom. The number of alkyl halides is 4. The Morgan fingerprint density at radius 2 is 1.30 bits per heavy atom. The molecule has 1 saturated heterocycles.